The van der Waals surface area contributed by atoms with Crippen LogP contribution >= 0.6 is 0 Å². The van der Waals surface area contributed by atoms with Crippen LogP contribution in [-0.2, 0) is 6.61 Å². The number of hydrogen-bond acceptors (Lipinski definition) is 3. The number of H-pyrrole nitrogens is 1. The highest BCUT2D eigenvalue weighted by atomic mass is 16.5. The highest BCUT2D eigenvalue weighted by Crippen LogP contribution is 2.31. The van der Waals surface area contributed by atoms with Crippen LogP contribution in [0.4, 0.5) is 0 Å². The van der Waals surface area contributed by atoms with Crippen LogP contribution in [0, 0.1) is 0 Å². The first kappa shape index (κ1) is 16.9. The lowest BCUT2D eigenvalue weighted by Gasteiger charge is -2.06. The van der Waals surface area contributed by atoms with Crippen LogP contribution in [0.25, 0.3) is 22.2 Å². The van der Waals surface area contributed by atoms with Gasteiger partial charge in [-0.05, 0) is 48.0 Å². The predicted octanol–water partition coefficient (Wildman–Crippen LogP) is 5.24. The number of nitrogens with one attached hydrogen (secondary N) is 1. The van der Waals surface area contributed by atoms with Crippen molar-refractivity contribution in [2.45, 2.75) is 6.61 Å². The van der Waals surface area contributed by atoms with Gasteiger partial charge in [-0.3, -0.25) is 4.79 Å². The Morgan fingerprint density at radius 1 is 0.926 bits per heavy atom. The summed E-state index contributed by atoms with van der Waals surface area (Å²) < 4.78 is 11.2. The van der Waals surface area contributed by atoms with Gasteiger partial charge in [0, 0.05) is 27.7 Å². The molecule has 1 heterocycles. The van der Waals surface area contributed by atoms with E-state index in [0.29, 0.717) is 17.9 Å². The number of fused-ring (bicyclic) bond motifs is 1. The Hall–Kier alpha value is -3.53. The standard InChI is InChI=1S/C23H19NO3/c1-26-19-8-7-17(14-25)21(13-19)23-12-18-11-20(9-10-22(18)24-23)27-15-16-5-3-2-4-6-16/h2-14,24H,15H2,1H3. The van der Waals surface area contributed by atoms with Crippen LogP contribution in [0.3, 0.4) is 0 Å². The van der Waals surface area contributed by atoms with Gasteiger partial charge in [0.1, 0.15) is 18.1 Å². The molecule has 0 saturated carbocycles. The van der Waals surface area contributed by atoms with Gasteiger partial charge in [0.15, 0.2) is 6.29 Å². The SMILES string of the molecule is COc1ccc(C=O)c(-c2cc3cc(OCc4ccccc4)ccc3[nH]2)c1. The Kier molecular flexibility index (Phi) is 4.62. The number of methoxy groups -OCH3 is 1. The number of rotatable bonds is 6. The molecular formula is C23H19NO3. The van der Waals surface area contributed by atoms with E-state index in [1.165, 1.54) is 0 Å². The molecule has 27 heavy (non-hydrogen) atoms. The minimum Gasteiger partial charge on any atom is -0.497 e. The summed E-state index contributed by atoms with van der Waals surface area (Å²) in [5.74, 6) is 1.51. The molecule has 134 valence electrons. The van der Waals surface area contributed by atoms with Gasteiger partial charge < -0.3 is 14.5 Å². The molecule has 3 aromatic carbocycles. The van der Waals surface area contributed by atoms with E-state index in [1.807, 2.05) is 60.7 Å². The number of hydrogen-bond donors (Lipinski definition) is 1. The summed E-state index contributed by atoms with van der Waals surface area (Å²) in [5, 5.41) is 1.02. The molecule has 0 unspecified atom stereocenters. The summed E-state index contributed by atoms with van der Waals surface area (Å²) in [6.07, 6.45) is 0.856. The molecule has 0 saturated heterocycles. The van der Waals surface area contributed by atoms with Crippen LogP contribution in [0.2, 0.25) is 0 Å². The van der Waals surface area contributed by atoms with E-state index in [9.17, 15) is 4.79 Å². The van der Waals surface area contributed by atoms with Crippen LogP contribution in [0.5, 0.6) is 11.5 Å². The molecule has 0 aliphatic carbocycles. The molecule has 0 aliphatic heterocycles. The van der Waals surface area contributed by atoms with Crippen LogP contribution in [0.15, 0.2) is 72.8 Å². The normalized spacial score (nSPS) is 10.7. The first-order valence-electron chi connectivity index (χ1n) is 8.70. The number of carbonyl (C=O) groups is 1. The Morgan fingerprint density at radius 3 is 2.52 bits per heavy atom. The molecule has 4 rings (SSSR count). The van der Waals surface area contributed by atoms with Gasteiger partial charge in [0.05, 0.1) is 7.11 Å². The molecule has 0 amide bonds. The molecule has 4 heteroatoms. The maximum atomic E-state index is 11.4. The van der Waals surface area contributed by atoms with E-state index in [2.05, 4.69) is 4.98 Å². The first-order chi connectivity index (χ1) is 13.3. The zero-order chi connectivity index (χ0) is 18.6. The number of ether oxygens (including phenoxy) is 2. The molecule has 0 atom stereocenters. The summed E-state index contributed by atoms with van der Waals surface area (Å²) in [5.41, 5.74) is 4.40. The monoisotopic (exact) mass is 357 g/mol. The number of aldehydes is 1. The summed E-state index contributed by atoms with van der Waals surface area (Å²) in [6, 6.07) is 23.4. The summed E-state index contributed by atoms with van der Waals surface area (Å²) in [6.45, 7) is 0.523. The second-order valence-corrected chi connectivity index (χ2v) is 6.28. The Morgan fingerprint density at radius 2 is 1.74 bits per heavy atom. The smallest absolute Gasteiger partial charge is 0.150 e. The molecule has 1 aromatic heterocycles. The molecule has 0 radical (unpaired) electrons. The number of aromatic amines is 1. The Balaban J connectivity index is 1.64. The summed E-state index contributed by atoms with van der Waals surface area (Å²) in [7, 11) is 1.61. The van der Waals surface area contributed by atoms with Crippen molar-refractivity contribution in [2.75, 3.05) is 7.11 Å². The van der Waals surface area contributed by atoms with Gasteiger partial charge in [-0.2, -0.15) is 0 Å². The largest absolute Gasteiger partial charge is 0.497 e. The van der Waals surface area contributed by atoms with E-state index in [1.54, 1.807) is 19.2 Å². The van der Waals surface area contributed by atoms with E-state index in [-0.39, 0.29) is 0 Å². The molecule has 0 fully saturated rings. The minimum atomic E-state index is 0.523. The topological polar surface area (TPSA) is 51.3 Å². The number of carbonyl (C=O) groups excluding carboxylic acids is 1. The van der Waals surface area contributed by atoms with Crippen LogP contribution < -0.4 is 9.47 Å². The predicted molar refractivity (Wildman–Crippen MR) is 106 cm³/mol. The second kappa shape index (κ2) is 7.38. The second-order valence-electron chi connectivity index (χ2n) is 6.28. The van der Waals surface area contributed by atoms with Crippen molar-refractivity contribution >= 4 is 17.2 Å². The van der Waals surface area contributed by atoms with Gasteiger partial charge in [-0.15, -0.1) is 0 Å². The van der Waals surface area contributed by atoms with Crippen molar-refractivity contribution in [2.24, 2.45) is 0 Å². The van der Waals surface area contributed by atoms with Crippen molar-refractivity contribution in [1.29, 1.82) is 0 Å². The fourth-order valence-corrected chi connectivity index (χ4v) is 3.08. The molecule has 0 bridgehead atoms. The fraction of sp³-hybridized carbons (Fsp3) is 0.0870. The van der Waals surface area contributed by atoms with Gasteiger partial charge in [0.25, 0.3) is 0 Å². The van der Waals surface area contributed by atoms with Gasteiger partial charge in [-0.25, -0.2) is 0 Å². The average molecular weight is 357 g/mol. The number of benzene rings is 3. The quantitative estimate of drug-likeness (QED) is 0.480. The number of aromatic nitrogens is 1. The summed E-state index contributed by atoms with van der Waals surface area (Å²) in [4.78, 5) is 14.8. The maximum Gasteiger partial charge on any atom is 0.150 e. The molecular weight excluding hydrogens is 338 g/mol. The molecule has 1 N–H and O–H groups in total. The lowest BCUT2D eigenvalue weighted by molar-refractivity contribution is 0.112. The van der Waals surface area contributed by atoms with Crippen LogP contribution in [0.1, 0.15) is 15.9 Å². The van der Waals surface area contributed by atoms with Crippen molar-refractivity contribution in [3.63, 3.8) is 0 Å². The van der Waals surface area contributed by atoms with Crippen molar-refractivity contribution < 1.29 is 14.3 Å². The van der Waals surface area contributed by atoms with E-state index in [0.717, 1.165) is 39.8 Å². The van der Waals surface area contributed by atoms with Crippen molar-refractivity contribution in [3.8, 4) is 22.8 Å². The van der Waals surface area contributed by atoms with E-state index >= 15 is 0 Å². The lowest BCUT2D eigenvalue weighted by atomic mass is 10.0. The molecule has 0 spiro atoms. The Labute approximate surface area is 157 Å². The van der Waals surface area contributed by atoms with Crippen LogP contribution in [-0.4, -0.2) is 18.4 Å². The molecule has 4 nitrogen and oxygen atoms in total. The summed E-state index contributed by atoms with van der Waals surface area (Å²) >= 11 is 0. The first-order valence-corrected chi connectivity index (χ1v) is 8.70. The highest BCUT2D eigenvalue weighted by molar-refractivity contribution is 5.92. The highest BCUT2D eigenvalue weighted by Gasteiger charge is 2.10. The lowest BCUT2D eigenvalue weighted by Crippen LogP contribution is -1.94. The molecule has 0 aliphatic rings. The van der Waals surface area contributed by atoms with E-state index < -0.39 is 0 Å². The Bertz CT molecular complexity index is 1080. The minimum absolute atomic E-state index is 0.523. The third kappa shape index (κ3) is 3.55. The molecule has 4 aromatic rings. The van der Waals surface area contributed by atoms with E-state index in [4.69, 9.17) is 9.47 Å². The van der Waals surface area contributed by atoms with Gasteiger partial charge in [-0.1, -0.05) is 30.3 Å². The van der Waals surface area contributed by atoms with Gasteiger partial charge in [0.2, 0.25) is 0 Å². The third-order valence-electron chi connectivity index (χ3n) is 4.52. The zero-order valence-electron chi connectivity index (χ0n) is 14.9. The fourth-order valence-electron chi connectivity index (χ4n) is 3.08. The average Bonchev–Trinajstić information content (AvgIpc) is 3.15. The maximum absolute atomic E-state index is 11.4. The van der Waals surface area contributed by atoms with Gasteiger partial charge >= 0.3 is 0 Å². The zero-order valence-corrected chi connectivity index (χ0v) is 14.9. The van der Waals surface area contributed by atoms with Crippen molar-refractivity contribution in [1.82, 2.24) is 4.98 Å². The third-order valence-corrected chi connectivity index (χ3v) is 4.52. The van der Waals surface area contributed by atoms with Crippen molar-refractivity contribution in [3.05, 3.63) is 83.9 Å².